The number of rotatable bonds is 3. The number of carbonyl (C=O) groups excluding carboxylic acids is 2. The number of hydrogen-bond acceptors (Lipinski definition) is 4. The van der Waals surface area contributed by atoms with Crippen molar-refractivity contribution >= 4 is 34.4 Å². The molecule has 0 radical (unpaired) electrons. The van der Waals surface area contributed by atoms with E-state index in [4.69, 9.17) is 0 Å². The molecule has 2 aromatic rings. The SMILES string of the molecule is CC(C)n1ncnc1CN1C(=O)c2cccc(I)c2C1=O. The molecule has 1 aliphatic rings. The van der Waals surface area contributed by atoms with Crippen LogP contribution in [0.2, 0.25) is 0 Å². The lowest BCUT2D eigenvalue weighted by Gasteiger charge is -2.15. The highest BCUT2D eigenvalue weighted by Crippen LogP contribution is 2.28. The van der Waals surface area contributed by atoms with Crippen LogP contribution >= 0.6 is 22.6 Å². The quantitative estimate of drug-likeness (QED) is 0.590. The van der Waals surface area contributed by atoms with E-state index in [1.165, 1.54) is 11.2 Å². The number of imide groups is 1. The van der Waals surface area contributed by atoms with E-state index in [2.05, 4.69) is 32.7 Å². The fraction of sp³-hybridized carbons (Fsp3) is 0.286. The molecule has 0 bridgehead atoms. The Labute approximate surface area is 135 Å². The minimum absolute atomic E-state index is 0.123. The van der Waals surface area contributed by atoms with Crippen molar-refractivity contribution in [2.24, 2.45) is 0 Å². The largest absolute Gasteiger partial charge is 0.269 e. The lowest BCUT2D eigenvalue weighted by Crippen LogP contribution is -2.31. The van der Waals surface area contributed by atoms with Crippen LogP contribution in [0.15, 0.2) is 24.5 Å². The molecule has 1 aromatic carbocycles. The Morgan fingerprint density at radius 3 is 2.67 bits per heavy atom. The molecule has 7 heteroatoms. The molecule has 0 fully saturated rings. The Morgan fingerprint density at radius 2 is 2.00 bits per heavy atom. The van der Waals surface area contributed by atoms with Gasteiger partial charge in [0.1, 0.15) is 12.2 Å². The number of aromatic nitrogens is 3. The summed E-state index contributed by atoms with van der Waals surface area (Å²) in [6, 6.07) is 5.42. The first kappa shape index (κ1) is 14.2. The lowest BCUT2D eigenvalue weighted by molar-refractivity contribution is 0.0635. The Hall–Kier alpha value is -1.77. The maximum absolute atomic E-state index is 12.5. The van der Waals surface area contributed by atoms with Crippen molar-refractivity contribution in [3.05, 3.63) is 45.0 Å². The first-order chi connectivity index (χ1) is 10.0. The van der Waals surface area contributed by atoms with Gasteiger partial charge in [0, 0.05) is 9.61 Å². The summed E-state index contributed by atoms with van der Waals surface area (Å²) in [5.74, 6) is 0.0691. The summed E-state index contributed by atoms with van der Waals surface area (Å²) in [5.41, 5.74) is 0.946. The van der Waals surface area contributed by atoms with Crippen molar-refractivity contribution in [1.29, 1.82) is 0 Å². The predicted molar refractivity (Wildman–Crippen MR) is 83.8 cm³/mol. The van der Waals surface area contributed by atoms with Crippen molar-refractivity contribution < 1.29 is 9.59 Å². The average molecular weight is 396 g/mol. The Kier molecular flexibility index (Phi) is 3.52. The van der Waals surface area contributed by atoms with Gasteiger partial charge in [0.05, 0.1) is 17.7 Å². The van der Waals surface area contributed by atoms with Crippen molar-refractivity contribution in [1.82, 2.24) is 19.7 Å². The number of amides is 2. The topological polar surface area (TPSA) is 68.1 Å². The number of hydrogen-bond donors (Lipinski definition) is 0. The van der Waals surface area contributed by atoms with Crippen LogP contribution in [0.5, 0.6) is 0 Å². The third-order valence-corrected chi connectivity index (χ3v) is 4.28. The Bertz CT molecular complexity index is 738. The van der Waals surface area contributed by atoms with Crippen molar-refractivity contribution in [3.63, 3.8) is 0 Å². The van der Waals surface area contributed by atoms with Gasteiger partial charge < -0.3 is 0 Å². The van der Waals surface area contributed by atoms with Gasteiger partial charge in [-0.15, -0.1) is 0 Å². The van der Waals surface area contributed by atoms with Crippen LogP contribution in [-0.4, -0.2) is 31.5 Å². The second-order valence-corrected chi connectivity index (χ2v) is 6.24. The molecule has 1 aromatic heterocycles. The smallest absolute Gasteiger partial charge is 0.263 e. The normalized spacial score (nSPS) is 14.2. The Balaban J connectivity index is 1.96. The molecule has 0 saturated carbocycles. The monoisotopic (exact) mass is 396 g/mol. The van der Waals surface area contributed by atoms with Gasteiger partial charge in [-0.05, 0) is 48.6 Å². The summed E-state index contributed by atoms with van der Waals surface area (Å²) >= 11 is 2.08. The first-order valence-electron chi connectivity index (χ1n) is 6.53. The number of halogens is 1. The van der Waals surface area contributed by atoms with Gasteiger partial charge >= 0.3 is 0 Å². The van der Waals surface area contributed by atoms with Crippen LogP contribution < -0.4 is 0 Å². The summed E-state index contributed by atoms with van der Waals surface area (Å²) in [7, 11) is 0. The number of carbonyl (C=O) groups is 2. The van der Waals surface area contributed by atoms with Gasteiger partial charge in [0.25, 0.3) is 11.8 Å². The van der Waals surface area contributed by atoms with E-state index in [1.54, 1.807) is 16.8 Å². The van der Waals surface area contributed by atoms with Gasteiger partial charge in [-0.25, -0.2) is 9.67 Å². The molecule has 2 heterocycles. The number of fused-ring (bicyclic) bond motifs is 1. The molecule has 3 rings (SSSR count). The van der Waals surface area contributed by atoms with Crippen molar-refractivity contribution in [3.8, 4) is 0 Å². The van der Waals surface area contributed by atoms with Crippen LogP contribution in [0.3, 0.4) is 0 Å². The van der Waals surface area contributed by atoms with Crippen molar-refractivity contribution in [2.45, 2.75) is 26.4 Å². The van der Waals surface area contributed by atoms with E-state index in [1.807, 2.05) is 19.9 Å². The zero-order valence-corrected chi connectivity index (χ0v) is 13.7. The highest BCUT2D eigenvalue weighted by molar-refractivity contribution is 14.1. The van der Waals surface area contributed by atoms with E-state index in [9.17, 15) is 9.59 Å². The summed E-state index contributed by atoms with van der Waals surface area (Å²) in [6.07, 6.45) is 1.44. The minimum atomic E-state index is -0.271. The second-order valence-electron chi connectivity index (χ2n) is 5.07. The molecular weight excluding hydrogens is 383 g/mol. The van der Waals surface area contributed by atoms with E-state index in [-0.39, 0.29) is 24.4 Å². The molecule has 0 aliphatic carbocycles. The van der Waals surface area contributed by atoms with Gasteiger partial charge in [0.15, 0.2) is 0 Å². The van der Waals surface area contributed by atoms with Crippen LogP contribution in [0.1, 0.15) is 46.4 Å². The number of nitrogens with zero attached hydrogens (tertiary/aromatic N) is 4. The molecule has 0 N–H and O–H groups in total. The fourth-order valence-corrected chi connectivity index (χ4v) is 3.12. The van der Waals surface area contributed by atoms with Gasteiger partial charge in [0.2, 0.25) is 0 Å². The van der Waals surface area contributed by atoms with E-state index < -0.39 is 0 Å². The second kappa shape index (κ2) is 5.21. The van der Waals surface area contributed by atoms with Gasteiger partial charge in [-0.3, -0.25) is 14.5 Å². The molecule has 0 atom stereocenters. The lowest BCUT2D eigenvalue weighted by atomic mass is 10.1. The van der Waals surface area contributed by atoms with Crippen LogP contribution in [0.25, 0.3) is 0 Å². The van der Waals surface area contributed by atoms with Gasteiger partial charge in [-0.2, -0.15) is 5.10 Å². The van der Waals surface area contributed by atoms with Crippen LogP contribution in [-0.2, 0) is 6.54 Å². The molecule has 0 unspecified atom stereocenters. The van der Waals surface area contributed by atoms with Crippen LogP contribution in [0, 0.1) is 3.57 Å². The average Bonchev–Trinajstić information content (AvgIpc) is 2.99. The highest BCUT2D eigenvalue weighted by atomic mass is 127. The minimum Gasteiger partial charge on any atom is -0.269 e. The molecule has 21 heavy (non-hydrogen) atoms. The molecule has 6 nitrogen and oxygen atoms in total. The molecule has 1 aliphatic heterocycles. The molecule has 0 spiro atoms. The van der Waals surface area contributed by atoms with E-state index in [0.29, 0.717) is 17.0 Å². The first-order valence-corrected chi connectivity index (χ1v) is 7.61. The predicted octanol–water partition coefficient (Wildman–Crippen LogP) is 2.26. The standard InChI is InChI=1S/C14H13IN4O2/c1-8(2)19-11(16-7-17-19)6-18-13(20)9-4-3-5-10(15)12(9)14(18)21/h3-5,7-8H,6H2,1-2H3. The summed E-state index contributed by atoms with van der Waals surface area (Å²) in [4.78, 5) is 30.3. The van der Waals surface area contributed by atoms with Crippen molar-refractivity contribution in [2.75, 3.05) is 0 Å². The summed E-state index contributed by atoms with van der Waals surface area (Å²) in [5, 5.41) is 4.13. The zero-order valence-electron chi connectivity index (χ0n) is 11.6. The molecule has 0 saturated heterocycles. The van der Waals surface area contributed by atoms with E-state index in [0.717, 1.165) is 3.57 Å². The van der Waals surface area contributed by atoms with E-state index >= 15 is 0 Å². The third-order valence-electron chi connectivity index (χ3n) is 3.38. The molecule has 2 amide bonds. The number of benzene rings is 1. The summed E-state index contributed by atoms with van der Waals surface area (Å²) in [6.45, 7) is 4.09. The molecular formula is C14H13IN4O2. The van der Waals surface area contributed by atoms with Crippen LogP contribution in [0.4, 0.5) is 0 Å². The fourth-order valence-electron chi connectivity index (χ4n) is 2.40. The zero-order chi connectivity index (χ0) is 15.1. The Morgan fingerprint density at radius 1 is 1.24 bits per heavy atom. The maximum Gasteiger partial charge on any atom is 0.263 e. The summed E-state index contributed by atoms with van der Waals surface area (Å²) < 4.78 is 2.50. The maximum atomic E-state index is 12.5. The third kappa shape index (κ3) is 2.25. The highest BCUT2D eigenvalue weighted by Gasteiger charge is 2.37. The van der Waals surface area contributed by atoms with Gasteiger partial charge in [-0.1, -0.05) is 6.07 Å². The molecule has 108 valence electrons.